The first-order chi connectivity index (χ1) is 14.0. The van der Waals surface area contributed by atoms with E-state index in [0.717, 1.165) is 0 Å². The lowest BCUT2D eigenvalue weighted by Gasteiger charge is -2.10. The van der Waals surface area contributed by atoms with Gasteiger partial charge in [0.1, 0.15) is 12.4 Å². The molecule has 3 rings (SSSR count). The molecule has 0 unspecified atom stereocenters. The van der Waals surface area contributed by atoms with Crippen LogP contribution in [0.15, 0.2) is 47.6 Å². The van der Waals surface area contributed by atoms with Gasteiger partial charge in [0, 0.05) is 22.3 Å². The maximum absolute atomic E-state index is 12.2. The monoisotopic (exact) mass is 470 g/mol. The standard InChI is InChI=1S/C19H17Cl3N4O2S/c1-2-26-17(10-28-16-8-5-13(21)9-15(16)22)24-25-19(26)29-11-18(27)23-14-6-3-12(20)4-7-14/h3-9H,2,10-11H2,1H3,(H,23,27). The molecule has 1 aromatic heterocycles. The van der Waals surface area contributed by atoms with Crippen LogP contribution >= 0.6 is 46.6 Å². The number of ether oxygens (including phenoxy) is 1. The van der Waals surface area contributed by atoms with Gasteiger partial charge in [-0.1, -0.05) is 46.6 Å². The van der Waals surface area contributed by atoms with Crippen LogP contribution in [0.2, 0.25) is 15.1 Å². The van der Waals surface area contributed by atoms with Crippen LogP contribution in [-0.2, 0) is 17.9 Å². The number of hydrogen-bond donors (Lipinski definition) is 1. The Bertz CT molecular complexity index is 996. The van der Waals surface area contributed by atoms with Crippen LogP contribution in [0.1, 0.15) is 12.7 Å². The number of anilines is 1. The van der Waals surface area contributed by atoms with E-state index in [9.17, 15) is 4.79 Å². The molecule has 0 saturated carbocycles. The molecule has 0 atom stereocenters. The highest BCUT2D eigenvalue weighted by Gasteiger charge is 2.14. The average Bonchev–Trinajstić information content (AvgIpc) is 3.09. The van der Waals surface area contributed by atoms with Gasteiger partial charge < -0.3 is 14.6 Å². The van der Waals surface area contributed by atoms with Crippen molar-refractivity contribution < 1.29 is 9.53 Å². The number of rotatable bonds is 8. The lowest BCUT2D eigenvalue weighted by Crippen LogP contribution is -2.14. The maximum Gasteiger partial charge on any atom is 0.234 e. The molecule has 29 heavy (non-hydrogen) atoms. The van der Waals surface area contributed by atoms with Crippen molar-refractivity contribution in [1.29, 1.82) is 0 Å². The molecule has 1 N–H and O–H groups in total. The molecule has 0 aliphatic carbocycles. The molecule has 3 aromatic rings. The molecule has 0 fully saturated rings. The van der Waals surface area contributed by atoms with Crippen LogP contribution in [0.5, 0.6) is 5.75 Å². The van der Waals surface area contributed by atoms with E-state index < -0.39 is 0 Å². The van der Waals surface area contributed by atoms with Gasteiger partial charge in [0.15, 0.2) is 11.0 Å². The average molecular weight is 472 g/mol. The highest BCUT2D eigenvalue weighted by atomic mass is 35.5. The lowest BCUT2D eigenvalue weighted by molar-refractivity contribution is -0.113. The zero-order valence-electron chi connectivity index (χ0n) is 15.4. The van der Waals surface area contributed by atoms with Crippen molar-refractivity contribution in [2.75, 3.05) is 11.1 Å². The molecule has 0 spiro atoms. The summed E-state index contributed by atoms with van der Waals surface area (Å²) in [6, 6.07) is 12.0. The number of benzene rings is 2. The van der Waals surface area contributed by atoms with E-state index in [1.54, 1.807) is 42.5 Å². The fraction of sp³-hybridized carbons (Fsp3) is 0.211. The second-order valence-electron chi connectivity index (χ2n) is 5.85. The van der Waals surface area contributed by atoms with Crippen LogP contribution < -0.4 is 10.1 Å². The zero-order valence-corrected chi connectivity index (χ0v) is 18.4. The molecular weight excluding hydrogens is 455 g/mol. The highest BCUT2D eigenvalue weighted by Crippen LogP contribution is 2.28. The van der Waals surface area contributed by atoms with Gasteiger partial charge in [-0.3, -0.25) is 4.79 Å². The maximum atomic E-state index is 12.2. The summed E-state index contributed by atoms with van der Waals surface area (Å²) >= 11 is 19.2. The summed E-state index contributed by atoms with van der Waals surface area (Å²) in [6.07, 6.45) is 0. The fourth-order valence-electron chi connectivity index (χ4n) is 2.45. The summed E-state index contributed by atoms with van der Waals surface area (Å²) in [7, 11) is 0. The number of carbonyl (C=O) groups excluding carboxylic acids is 1. The molecule has 0 saturated heterocycles. The minimum Gasteiger partial charge on any atom is -0.484 e. The van der Waals surface area contributed by atoms with Gasteiger partial charge >= 0.3 is 0 Å². The molecule has 0 aliphatic rings. The number of amides is 1. The van der Waals surface area contributed by atoms with Gasteiger partial charge in [0.05, 0.1) is 10.8 Å². The predicted molar refractivity (Wildman–Crippen MR) is 117 cm³/mol. The van der Waals surface area contributed by atoms with Crippen LogP contribution in [-0.4, -0.2) is 26.4 Å². The third kappa shape index (κ3) is 6.02. The van der Waals surface area contributed by atoms with Crippen molar-refractivity contribution >= 4 is 58.2 Å². The van der Waals surface area contributed by atoms with E-state index in [1.165, 1.54) is 11.8 Å². The van der Waals surface area contributed by atoms with Gasteiger partial charge in [-0.15, -0.1) is 10.2 Å². The van der Waals surface area contributed by atoms with Crippen molar-refractivity contribution in [3.8, 4) is 5.75 Å². The Morgan fingerprint density at radius 1 is 1.10 bits per heavy atom. The Morgan fingerprint density at radius 2 is 1.83 bits per heavy atom. The Kier molecular flexibility index (Phi) is 7.66. The third-order valence-corrected chi connectivity index (χ3v) is 5.57. The number of halogens is 3. The van der Waals surface area contributed by atoms with Gasteiger partial charge in [-0.05, 0) is 49.4 Å². The molecule has 0 radical (unpaired) electrons. The molecule has 2 aromatic carbocycles. The van der Waals surface area contributed by atoms with E-state index in [0.29, 0.717) is 44.0 Å². The number of nitrogens with zero attached hydrogens (tertiary/aromatic N) is 3. The molecule has 6 nitrogen and oxygen atoms in total. The second-order valence-corrected chi connectivity index (χ2v) is 8.07. The molecule has 152 valence electrons. The summed E-state index contributed by atoms with van der Waals surface area (Å²) < 4.78 is 7.63. The first-order valence-corrected chi connectivity index (χ1v) is 10.8. The summed E-state index contributed by atoms with van der Waals surface area (Å²) in [4.78, 5) is 12.2. The van der Waals surface area contributed by atoms with Gasteiger partial charge in [0.2, 0.25) is 5.91 Å². The topological polar surface area (TPSA) is 69.0 Å². The van der Waals surface area contributed by atoms with E-state index in [1.807, 2.05) is 11.5 Å². The first-order valence-electron chi connectivity index (χ1n) is 8.64. The minimum atomic E-state index is -0.145. The van der Waals surface area contributed by atoms with Gasteiger partial charge in [-0.25, -0.2) is 0 Å². The van der Waals surface area contributed by atoms with Crippen molar-refractivity contribution in [1.82, 2.24) is 14.8 Å². The van der Waals surface area contributed by atoms with E-state index in [2.05, 4.69) is 15.5 Å². The Hall–Kier alpha value is -1.93. The van der Waals surface area contributed by atoms with Gasteiger partial charge in [-0.2, -0.15) is 0 Å². The van der Waals surface area contributed by atoms with E-state index in [4.69, 9.17) is 39.5 Å². The number of thioether (sulfide) groups is 1. The Morgan fingerprint density at radius 3 is 2.52 bits per heavy atom. The normalized spacial score (nSPS) is 10.8. The van der Waals surface area contributed by atoms with Crippen molar-refractivity contribution in [2.45, 2.75) is 25.2 Å². The zero-order chi connectivity index (χ0) is 20.8. The number of carbonyl (C=O) groups is 1. The fourth-order valence-corrected chi connectivity index (χ4v) is 3.86. The molecule has 1 heterocycles. The van der Waals surface area contributed by atoms with Crippen LogP contribution in [0.3, 0.4) is 0 Å². The number of nitrogens with one attached hydrogen (secondary N) is 1. The SMILES string of the molecule is CCn1c(COc2ccc(Cl)cc2Cl)nnc1SCC(=O)Nc1ccc(Cl)cc1. The van der Waals surface area contributed by atoms with Crippen molar-refractivity contribution in [2.24, 2.45) is 0 Å². The minimum absolute atomic E-state index is 0.145. The number of aromatic nitrogens is 3. The van der Waals surface area contributed by atoms with E-state index >= 15 is 0 Å². The summed E-state index contributed by atoms with van der Waals surface area (Å²) in [6.45, 7) is 2.81. The smallest absolute Gasteiger partial charge is 0.234 e. The first kappa shape index (κ1) is 21.8. The number of hydrogen-bond acceptors (Lipinski definition) is 5. The lowest BCUT2D eigenvalue weighted by atomic mass is 10.3. The second kappa shape index (κ2) is 10.2. The van der Waals surface area contributed by atoms with Crippen molar-refractivity contribution in [3.63, 3.8) is 0 Å². The van der Waals surface area contributed by atoms with Crippen LogP contribution in [0.4, 0.5) is 5.69 Å². The largest absolute Gasteiger partial charge is 0.484 e. The predicted octanol–water partition coefficient (Wildman–Crippen LogP) is 5.57. The summed E-state index contributed by atoms with van der Waals surface area (Å²) in [5, 5.41) is 13.4. The van der Waals surface area contributed by atoms with Gasteiger partial charge in [0.25, 0.3) is 0 Å². The molecule has 0 bridgehead atoms. The molecular formula is C19H17Cl3N4O2S. The van der Waals surface area contributed by atoms with Crippen LogP contribution in [0.25, 0.3) is 0 Å². The molecule has 1 amide bonds. The van der Waals surface area contributed by atoms with E-state index in [-0.39, 0.29) is 18.3 Å². The molecule has 10 heteroatoms. The summed E-state index contributed by atoms with van der Waals surface area (Å²) in [5.41, 5.74) is 0.686. The Labute approximate surface area is 187 Å². The highest BCUT2D eigenvalue weighted by molar-refractivity contribution is 7.99. The Balaban J connectivity index is 1.58. The third-order valence-electron chi connectivity index (χ3n) is 3.82. The van der Waals surface area contributed by atoms with Crippen molar-refractivity contribution in [3.05, 3.63) is 63.4 Å². The van der Waals surface area contributed by atoms with Crippen LogP contribution in [0, 0.1) is 0 Å². The summed E-state index contributed by atoms with van der Waals surface area (Å²) in [5.74, 6) is 1.20. The molecule has 0 aliphatic heterocycles. The quantitative estimate of drug-likeness (QED) is 0.435.